The van der Waals surface area contributed by atoms with Gasteiger partial charge in [-0.2, -0.15) is 0 Å². The molecule has 2 nitrogen and oxygen atoms in total. The zero-order valence-electron chi connectivity index (χ0n) is 8.75. The van der Waals surface area contributed by atoms with Gasteiger partial charge in [0, 0.05) is 0 Å². The number of carbonyl (C=O) groups excluding carboxylic acids is 1. The summed E-state index contributed by atoms with van der Waals surface area (Å²) in [5, 5.41) is 0. The maximum atomic E-state index is 10.8. The van der Waals surface area contributed by atoms with Crippen LogP contribution in [0.1, 0.15) is 36.2 Å². The fourth-order valence-electron chi connectivity index (χ4n) is 1.25. The second-order valence-electron chi connectivity index (χ2n) is 3.19. The van der Waals surface area contributed by atoms with Crippen molar-refractivity contribution in [2.45, 2.75) is 26.7 Å². The van der Waals surface area contributed by atoms with E-state index in [1.165, 1.54) is 0 Å². The summed E-state index contributed by atoms with van der Waals surface area (Å²) in [5.74, 6) is 0.694. The first-order chi connectivity index (χ1) is 6.81. The minimum Gasteiger partial charge on any atom is -0.493 e. The van der Waals surface area contributed by atoms with E-state index in [0.717, 1.165) is 24.7 Å². The second-order valence-corrected chi connectivity index (χ2v) is 3.19. The van der Waals surface area contributed by atoms with Crippen molar-refractivity contribution in [1.29, 1.82) is 0 Å². The first-order valence-corrected chi connectivity index (χ1v) is 5.02. The van der Waals surface area contributed by atoms with Gasteiger partial charge in [-0.1, -0.05) is 19.9 Å². The lowest BCUT2D eigenvalue weighted by atomic mass is 10.1. The highest BCUT2D eigenvalue weighted by atomic mass is 16.5. The molecule has 0 fully saturated rings. The molecule has 0 aliphatic carbocycles. The standard InChI is InChI=1S/C12H16O2/c1-3-7-14-12-6-5-10(4-2)8-11(12)9-13/h5-6,8-9H,3-4,7H2,1-2H3. The van der Waals surface area contributed by atoms with Gasteiger partial charge < -0.3 is 4.74 Å². The lowest BCUT2D eigenvalue weighted by molar-refractivity contribution is 0.111. The Balaban J connectivity index is 2.87. The Hall–Kier alpha value is -1.31. The Bertz CT molecular complexity index is 305. The van der Waals surface area contributed by atoms with Gasteiger partial charge >= 0.3 is 0 Å². The molecule has 0 saturated carbocycles. The Morgan fingerprint density at radius 3 is 2.71 bits per heavy atom. The molecule has 1 rings (SSSR count). The average molecular weight is 192 g/mol. The molecule has 0 radical (unpaired) electrons. The van der Waals surface area contributed by atoms with Crippen LogP contribution in [-0.4, -0.2) is 12.9 Å². The minimum absolute atomic E-state index is 0.651. The largest absolute Gasteiger partial charge is 0.493 e. The Labute approximate surface area is 84.9 Å². The number of carbonyl (C=O) groups is 1. The number of rotatable bonds is 5. The van der Waals surface area contributed by atoms with Crippen LogP contribution in [0.25, 0.3) is 0 Å². The van der Waals surface area contributed by atoms with Crippen LogP contribution >= 0.6 is 0 Å². The van der Waals surface area contributed by atoms with E-state index in [-0.39, 0.29) is 0 Å². The van der Waals surface area contributed by atoms with E-state index in [1.807, 2.05) is 25.1 Å². The number of ether oxygens (including phenoxy) is 1. The zero-order chi connectivity index (χ0) is 10.4. The SMILES string of the molecule is CCCOc1ccc(CC)cc1C=O. The molecule has 0 unspecified atom stereocenters. The van der Waals surface area contributed by atoms with Crippen molar-refractivity contribution in [1.82, 2.24) is 0 Å². The first-order valence-electron chi connectivity index (χ1n) is 5.02. The van der Waals surface area contributed by atoms with Gasteiger partial charge in [0.05, 0.1) is 12.2 Å². The quantitative estimate of drug-likeness (QED) is 0.670. The third-order valence-corrected chi connectivity index (χ3v) is 2.07. The molecule has 0 amide bonds. The number of hydrogen-bond donors (Lipinski definition) is 0. The highest BCUT2D eigenvalue weighted by molar-refractivity contribution is 5.79. The summed E-state index contributed by atoms with van der Waals surface area (Å²) >= 11 is 0. The van der Waals surface area contributed by atoms with Crippen LogP contribution in [-0.2, 0) is 6.42 Å². The average Bonchev–Trinajstić information content (AvgIpc) is 2.26. The van der Waals surface area contributed by atoms with E-state index < -0.39 is 0 Å². The van der Waals surface area contributed by atoms with E-state index in [2.05, 4.69) is 6.92 Å². The van der Waals surface area contributed by atoms with Crippen molar-refractivity contribution in [2.24, 2.45) is 0 Å². The van der Waals surface area contributed by atoms with Crippen molar-refractivity contribution < 1.29 is 9.53 Å². The summed E-state index contributed by atoms with van der Waals surface area (Å²) in [6, 6.07) is 5.76. The van der Waals surface area contributed by atoms with Gasteiger partial charge in [0.1, 0.15) is 5.75 Å². The van der Waals surface area contributed by atoms with Crippen LogP contribution in [0.2, 0.25) is 0 Å². The molecule has 1 aromatic carbocycles. The van der Waals surface area contributed by atoms with E-state index in [0.29, 0.717) is 17.9 Å². The molecule has 76 valence electrons. The van der Waals surface area contributed by atoms with Gasteiger partial charge in [-0.15, -0.1) is 0 Å². The van der Waals surface area contributed by atoms with Crippen LogP contribution in [0.5, 0.6) is 5.75 Å². The highest BCUT2D eigenvalue weighted by Gasteiger charge is 2.02. The molecule has 0 aliphatic rings. The minimum atomic E-state index is 0.651. The van der Waals surface area contributed by atoms with Gasteiger partial charge in [-0.25, -0.2) is 0 Å². The molecular weight excluding hydrogens is 176 g/mol. The highest BCUT2D eigenvalue weighted by Crippen LogP contribution is 2.18. The zero-order valence-corrected chi connectivity index (χ0v) is 8.75. The third-order valence-electron chi connectivity index (χ3n) is 2.07. The Kier molecular flexibility index (Phi) is 4.17. The molecule has 0 aliphatic heterocycles. The van der Waals surface area contributed by atoms with Gasteiger partial charge in [0.2, 0.25) is 0 Å². The molecule has 0 aromatic heterocycles. The lowest BCUT2D eigenvalue weighted by Crippen LogP contribution is -1.99. The first kappa shape index (κ1) is 10.8. The normalized spacial score (nSPS) is 9.86. The topological polar surface area (TPSA) is 26.3 Å². The van der Waals surface area contributed by atoms with Crippen molar-refractivity contribution in [3.8, 4) is 5.75 Å². The number of aldehydes is 1. The molecule has 0 heterocycles. The van der Waals surface area contributed by atoms with E-state index in [1.54, 1.807) is 0 Å². The molecule has 1 aromatic rings. The predicted molar refractivity (Wildman–Crippen MR) is 57.0 cm³/mol. The van der Waals surface area contributed by atoms with Gasteiger partial charge in [-0.05, 0) is 30.5 Å². The summed E-state index contributed by atoms with van der Waals surface area (Å²) in [6.45, 7) is 4.77. The molecule has 14 heavy (non-hydrogen) atoms. The summed E-state index contributed by atoms with van der Waals surface area (Å²) < 4.78 is 5.45. The molecule has 0 atom stereocenters. The van der Waals surface area contributed by atoms with E-state index >= 15 is 0 Å². The van der Waals surface area contributed by atoms with Gasteiger partial charge in [-0.3, -0.25) is 4.79 Å². The molecule has 0 bridgehead atoms. The molecule has 0 spiro atoms. The second kappa shape index (κ2) is 5.43. The molecule has 0 saturated heterocycles. The maximum absolute atomic E-state index is 10.8. The van der Waals surface area contributed by atoms with Gasteiger partial charge in [0.15, 0.2) is 6.29 Å². The predicted octanol–water partition coefficient (Wildman–Crippen LogP) is 2.85. The molecule has 2 heteroatoms. The van der Waals surface area contributed by atoms with Crippen LogP contribution in [0, 0.1) is 0 Å². The summed E-state index contributed by atoms with van der Waals surface area (Å²) in [6.07, 6.45) is 2.74. The molecule has 0 N–H and O–H groups in total. The smallest absolute Gasteiger partial charge is 0.153 e. The third kappa shape index (κ3) is 2.59. The van der Waals surface area contributed by atoms with Crippen molar-refractivity contribution in [3.05, 3.63) is 29.3 Å². The van der Waals surface area contributed by atoms with Crippen molar-refractivity contribution >= 4 is 6.29 Å². The van der Waals surface area contributed by atoms with Gasteiger partial charge in [0.25, 0.3) is 0 Å². The van der Waals surface area contributed by atoms with Crippen LogP contribution in [0.4, 0.5) is 0 Å². The summed E-state index contributed by atoms with van der Waals surface area (Å²) in [5.41, 5.74) is 1.81. The Morgan fingerprint density at radius 2 is 2.14 bits per heavy atom. The lowest BCUT2D eigenvalue weighted by Gasteiger charge is -2.08. The fourth-order valence-corrected chi connectivity index (χ4v) is 1.25. The monoisotopic (exact) mass is 192 g/mol. The number of aryl methyl sites for hydroxylation is 1. The summed E-state index contributed by atoms with van der Waals surface area (Å²) in [7, 11) is 0. The Morgan fingerprint density at radius 1 is 1.36 bits per heavy atom. The van der Waals surface area contributed by atoms with Crippen LogP contribution in [0.3, 0.4) is 0 Å². The number of benzene rings is 1. The van der Waals surface area contributed by atoms with E-state index in [9.17, 15) is 4.79 Å². The van der Waals surface area contributed by atoms with Crippen molar-refractivity contribution in [2.75, 3.05) is 6.61 Å². The summed E-state index contributed by atoms with van der Waals surface area (Å²) in [4.78, 5) is 10.8. The van der Waals surface area contributed by atoms with E-state index in [4.69, 9.17) is 4.74 Å². The molecular formula is C12H16O2. The van der Waals surface area contributed by atoms with Crippen molar-refractivity contribution in [3.63, 3.8) is 0 Å². The van der Waals surface area contributed by atoms with Crippen LogP contribution in [0.15, 0.2) is 18.2 Å². The fraction of sp³-hybridized carbons (Fsp3) is 0.417. The maximum Gasteiger partial charge on any atom is 0.153 e. The number of hydrogen-bond acceptors (Lipinski definition) is 2. The van der Waals surface area contributed by atoms with Crippen LogP contribution < -0.4 is 4.74 Å².